The van der Waals surface area contributed by atoms with Crippen molar-refractivity contribution in [3.63, 3.8) is 0 Å². The van der Waals surface area contributed by atoms with Crippen molar-refractivity contribution < 1.29 is 8.83 Å². The van der Waals surface area contributed by atoms with Crippen molar-refractivity contribution in [3.05, 3.63) is 176 Å². The number of furan rings is 2. The Bertz CT molecular complexity index is 3030. The fourth-order valence-electron chi connectivity index (χ4n) is 7.98. The maximum Gasteiger partial charge on any atom is 0.137 e. The van der Waals surface area contributed by atoms with Gasteiger partial charge in [-0.05, 0) is 88.0 Å². The van der Waals surface area contributed by atoms with E-state index in [1.807, 2.05) is 12.1 Å². The van der Waals surface area contributed by atoms with Crippen LogP contribution in [0.3, 0.4) is 0 Å². The van der Waals surface area contributed by atoms with Crippen LogP contribution in [-0.2, 0) is 0 Å². The fraction of sp³-hybridized carbons (Fsp3) is 0. The Balaban J connectivity index is 1.19. The highest BCUT2D eigenvalue weighted by molar-refractivity contribution is 6.16. The molecule has 0 aliphatic rings. The average molecular weight is 652 g/mol. The third-order valence-electron chi connectivity index (χ3n) is 10.4. The number of benzene rings is 8. The molecule has 11 rings (SSSR count). The summed E-state index contributed by atoms with van der Waals surface area (Å²) in [7, 11) is 0. The summed E-state index contributed by atoms with van der Waals surface area (Å²) in [5, 5.41) is 6.87. The Hall–Kier alpha value is -6.84. The standard InChI is InChI=1S/C48H29NO2/c1-3-10-30(11-4-1)34-18-22-36-37-23-19-35(31-12-5-2-6-13-31)29-43(37)49(42(36)28-34)41-15-9-17-47-48(41)40-27-33(21-25-46(40)51-47)32-20-24-45-39(26-32)38-14-7-8-16-44(38)50-45/h1-29H. The monoisotopic (exact) mass is 651 g/mol. The van der Waals surface area contributed by atoms with Gasteiger partial charge in [-0.2, -0.15) is 0 Å². The van der Waals surface area contributed by atoms with Crippen molar-refractivity contribution in [1.82, 2.24) is 4.57 Å². The van der Waals surface area contributed by atoms with Crippen LogP contribution in [0.4, 0.5) is 0 Å². The SMILES string of the molecule is c1ccc(-c2ccc3c4ccc(-c5ccccc5)cc4n(-c4cccc5oc6ccc(-c7ccc8oc9ccccc9c8c7)cc6c45)c3c2)cc1. The van der Waals surface area contributed by atoms with E-state index < -0.39 is 0 Å². The lowest BCUT2D eigenvalue weighted by Gasteiger charge is -2.12. The first-order chi connectivity index (χ1) is 25.3. The summed E-state index contributed by atoms with van der Waals surface area (Å²) in [4.78, 5) is 0. The van der Waals surface area contributed by atoms with E-state index >= 15 is 0 Å². The Kier molecular flexibility index (Phi) is 5.96. The zero-order valence-electron chi connectivity index (χ0n) is 27.5. The van der Waals surface area contributed by atoms with E-state index in [2.05, 4.69) is 168 Å². The third-order valence-corrected chi connectivity index (χ3v) is 10.4. The Morgan fingerprint density at radius 3 is 1.45 bits per heavy atom. The molecule has 0 atom stereocenters. The summed E-state index contributed by atoms with van der Waals surface area (Å²) in [6, 6.07) is 62.7. The molecule has 0 spiro atoms. The topological polar surface area (TPSA) is 31.2 Å². The van der Waals surface area contributed by atoms with Gasteiger partial charge in [0.15, 0.2) is 0 Å². The molecule has 3 heterocycles. The van der Waals surface area contributed by atoms with Gasteiger partial charge in [0.25, 0.3) is 0 Å². The maximum absolute atomic E-state index is 6.58. The first kappa shape index (κ1) is 28.0. The summed E-state index contributed by atoms with van der Waals surface area (Å²) in [5.41, 5.74) is 14.0. The van der Waals surface area contributed by atoms with E-state index in [1.54, 1.807) is 0 Å². The number of hydrogen-bond donors (Lipinski definition) is 0. The number of rotatable bonds is 4. The number of para-hydroxylation sites is 1. The van der Waals surface area contributed by atoms with Crippen molar-refractivity contribution >= 4 is 65.7 Å². The lowest BCUT2D eigenvalue weighted by Crippen LogP contribution is -1.95. The molecule has 3 aromatic heterocycles. The molecule has 11 aromatic rings. The van der Waals surface area contributed by atoms with Crippen molar-refractivity contribution in [3.8, 4) is 39.1 Å². The quantitative estimate of drug-likeness (QED) is 0.190. The van der Waals surface area contributed by atoms with Gasteiger partial charge >= 0.3 is 0 Å². The summed E-state index contributed by atoms with van der Waals surface area (Å²) in [6.07, 6.45) is 0. The van der Waals surface area contributed by atoms with E-state index in [4.69, 9.17) is 8.83 Å². The van der Waals surface area contributed by atoms with Gasteiger partial charge in [0, 0.05) is 26.9 Å². The second kappa shape index (κ2) is 10.8. The van der Waals surface area contributed by atoms with Crippen LogP contribution in [0.15, 0.2) is 185 Å². The first-order valence-electron chi connectivity index (χ1n) is 17.3. The molecular weight excluding hydrogens is 623 g/mol. The second-order valence-electron chi connectivity index (χ2n) is 13.3. The molecule has 0 unspecified atom stereocenters. The van der Waals surface area contributed by atoms with Gasteiger partial charge in [-0.25, -0.2) is 0 Å². The van der Waals surface area contributed by atoms with E-state index in [9.17, 15) is 0 Å². The van der Waals surface area contributed by atoms with Crippen LogP contribution in [0.5, 0.6) is 0 Å². The molecule has 0 bridgehead atoms. The predicted octanol–water partition coefficient (Wildman–Crippen LogP) is 13.6. The van der Waals surface area contributed by atoms with E-state index in [-0.39, 0.29) is 0 Å². The van der Waals surface area contributed by atoms with Crippen LogP contribution in [0.1, 0.15) is 0 Å². The molecule has 0 radical (unpaired) electrons. The molecule has 238 valence electrons. The molecule has 0 saturated heterocycles. The van der Waals surface area contributed by atoms with E-state index in [0.717, 1.165) is 71.7 Å². The molecule has 0 aliphatic carbocycles. The minimum absolute atomic E-state index is 0.865. The molecule has 51 heavy (non-hydrogen) atoms. The molecule has 3 heteroatoms. The second-order valence-corrected chi connectivity index (χ2v) is 13.3. The minimum atomic E-state index is 0.865. The molecule has 0 fully saturated rings. The molecule has 0 aliphatic heterocycles. The van der Waals surface area contributed by atoms with Gasteiger partial charge in [-0.15, -0.1) is 0 Å². The molecular formula is C48H29NO2. The zero-order chi connectivity index (χ0) is 33.5. The lowest BCUT2D eigenvalue weighted by molar-refractivity contribution is 0.668. The average Bonchev–Trinajstić information content (AvgIpc) is 3.87. The minimum Gasteiger partial charge on any atom is -0.456 e. The van der Waals surface area contributed by atoms with Crippen LogP contribution in [0.2, 0.25) is 0 Å². The number of nitrogens with zero attached hydrogens (tertiary/aromatic N) is 1. The molecule has 3 nitrogen and oxygen atoms in total. The smallest absolute Gasteiger partial charge is 0.137 e. The number of hydrogen-bond acceptors (Lipinski definition) is 2. The van der Waals surface area contributed by atoms with Gasteiger partial charge in [-0.1, -0.05) is 121 Å². The Morgan fingerprint density at radius 2 is 0.784 bits per heavy atom. The molecule has 0 amide bonds. The van der Waals surface area contributed by atoms with E-state index in [0.29, 0.717) is 0 Å². The number of aromatic nitrogens is 1. The summed E-state index contributed by atoms with van der Waals surface area (Å²) in [6.45, 7) is 0. The number of fused-ring (bicyclic) bond motifs is 9. The molecule has 8 aromatic carbocycles. The summed E-state index contributed by atoms with van der Waals surface area (Å²) in [5.74, 6) is 0. The van der Waals surface area contributed by atoms with Gasteiger partial charge in [0.2, 0.25) is 0 Å². The van der Waals surface area contributed by atoms with Gasteiger partial charge in [-0.3, -0.25) is 0 Å². The molecule has 0 saturated carbocycles. The van der Waals surface area contributed by atoms with Crippen LogP contribution in [0, 0.1) is 0 Å². The van der Waals surface area contributed by atoms with Crippen molar-refractivity contribution in [1.29, 1.82) is 0 Å². The maximum atomic E-state index is 6.58. The normalized spacial score (nSPS) is 11.9. The Morgan fingerprint density at radius 1 is 0.294 bits per heavy atom. The highest BCUT2D eigenvalue weighted by Gasteiger charge is 2.20. The van der Waals surface area contributed by atoms with Crippen LogP contribution in [-0.4, -0.2) is 4.57 Å². The molecule has 0 N–H and O–H groups in total. The van der Waals surface area contributed by atoms with Gasteiger partial charge in [0.05, 0.1) is 22.1 Å². The van der Waals surface area contributed by atoms with Gasteiger partial charge in [0.1, 0.15) is 22.3 Å². The van der Waals surface area contributed by atoms with Crippen LogP contribution >= 0.6 is 0 Å². The van der Waals surface area contributed by atoms with Crippen molar-refractivity contribution in [2.24, 2.45) is 0 Å². The highest BCUT2D eigenvalue weighted by atomic mass is 16.3. The van der Waals surface area contributed by atoms with Crippen molar-refractivity contribution in [2.45, 2.75) is 0 Å². The third kappa shape index (κ3) is 4.32. The largest absolute Gasteiger partial charge is 0.456 e. The highest BCUT2D eigenvalue weighted by Crippen LogP contribution is 2.42. The zero-order valence-corrected chi connectivity index (χ0v) is 27.5. The van der Waals surface area contributed by atoms with Crippen LogP contribution < -0.4 is 0 Å². The Labute approximate surface area is 293 Å². The predicted molar refractivity (Wildman–Crippen MR) is 212 cm³/mol. The first-order valence-corrected chi connectivity index (χ1v) is 17.3. The van der Waals surface area contributed by atoms with E-state index in [1.165, 1.54) is 33.0 Å². The fourth-order valence-corrected chi connectivity index (χ4v) is 7.98. The summed E-state index contributed by atoms with van der Waals surface area (Å²) < 4.78 is 15.2. The van der Waals surface area contributed by atoms with Crippen LogP contribution in [0.25, 0.3) is 105 Å². The van der Waals surface area contributed by atoms with Crippen molar-refractivity contribution in [2.75, 3.05) is 0 Å². The van der Waals surface area contributed by atoms with Gasteiger partial charge < -0.3 is 13.4 Å². The summed E-state index contributed by atoms with van der Waals surface area (Å²) >= 11 is 0. The lowest BCUT2D eigenvalue weighted by atomic mass is 10.00.